The van der Waals surface area contributed by atoms with E-state index in [-0.39, 0.29) is 34.6 Å². The fraction of sp³-hybridized carbons (Fsp3) is 0.579. The van der Waals surface area contributed by atoms with E-state index >= 15 is 0 Å². The minimum Gasteiger partial charge on any atom is -0.465 e. The molecule has 0 aliphatic carbocycles. The van der Waals surface area contributed by atoms with Crippen molar-refractivity contribution in [2.75, 3.05) is 11.9 Å². The maximum absolute atomic E-state index is 14.2. The molecule has 1 rings (SSSR count). The van der Waals surface area contributed by atoms with Gasteiger partial charge in [-0.2, -0.15) is 0 Å². The van der Waals surface area contributed by atoms with Gasteiger partial charge in [0.15, 0.2) is 0 Å². The van der Waals surface area contributed by atoms with E-state index in [1.807, 2.05) is 20.8 Å². The number of nitrogens with one attached hydrogen (secondary N) is 1. The highest BCUT2D eigenvalue weighted by molar-refractivity contribution is 9.10. The van der Waals surface area contributed by atoms with Crippen molar-refractivity contribution in [3.05, 3.63) is 22.4 Å². The first-order valence-corrected chi connectivity index (χ1v) is 10.5. The van der Waals surface area contributed by atoms with Gasteiger partial charge in [0.25, 0.3) is 0 Å². The van der Waals surface area contributed by atoms with Gasteiger partial charge in [0, 0.05) is 15.3 Å². The van der Waals surface area contributed by atoms with E-state index < -0.39 is 5.82 Å². The van der Waals surface area contributed by atoms with Gasteiger partial charge in [0.1, 0.15) is 11.1 Å². The van der Waals surface area contributed by atoms with Gasteiger partial charge in [-0.15, -0.1) is 11.8 Å². The van der Waals surface area contributed by atoms with E-state index in [1.54, 1.807) is 19.9 Å². The molecule has 0 spiro atoms. The molecule has 0 aliphatic heterocycles. The van der Waals surface area contributed by atoms with Crippen molar-refractivity contribution < 1.29 is 18.7 Å². The molecule has 1 aromatic carbocycles. The third-order valence-electron chi connectivity index (χ3n) is 3.45. The molecule has 4 nitrogen and oxygen atoms in total. The van der Waals surface area contributed by atoms with E-state index in [4.69, 9.17) is 4.74 Å². The van der Waals surface area contributed by atoms with Gasteiger partial charge in [-0.25, -0.2) is 4.39 Å². The Hall–Kier alpha value is -1.08. The lowest BCUT2D eigenvalue weighted by Crippen LogP contribution is -2.22. The van der Waals surface area contributed by atoms with Crippen molar-refractivity contribution in [1.29, 1.82) is 0 Å². The van der Waals surface area contributed by atoms with Gasteiger partial charge in [-0.3, -0.25) is 9.59 Å². The van der Waals surface area contributed by atoms with E-state index in [0.29, 0.717) is 22.4 Å². The summed E-state index contributed by atoms with van der Waals surface area (Å²) in [5, 5.41) is 2.21. The van der Waals surface area contributed by atoms with Crippen molar-refractivity contribution in [3.63, 3.8) is 0 Å². The lowest BCUT2D eigenvalue weighted by atomic mass is 10.2. The number of carbonyl (C=O) groups excluding carboxylic acids is 2. The molecule has 0 bridgehead atoms. The predicted octanol–water partition coefficient (Wildman–Crippen LogP) is 5.64. The summed E-state index contributed by atoms with van der Waals surface area (Å²) in [7, 11) is 0. The molecule has 1 unspecified atom stereocenters. The lowest BCUT2D eigenvalue weighted by Gasteiger charge is -2.18. The average Bonchev–Trinajstić information content (AvgIpc) is 2.55. The second-order valence-corrected chi connectivity index (χ2v) is 8.92. The molecule has 0 radical (unpaired) electrons. The zero-order valence-electron chi connectivity index (χ0n) is 15.9. The van der Waals surface area contributed by atoms with Crippen LogP contribution in [-0.4, -0.2) is 23.7 Å². The van der Waals surface area contributed by atoms with Crippen LogP contribution in [-0.2, 0) is 14.3 Å². The summed E-state index contributed by atoms with van der Waals surface area (Å²) < 4.78 is 20.1. The number of halogens is 2. The van der Waals surface area contributed by atoms with Gasteiger partial charge in [-0.05, 0) is 40.4 Å². The zero-order chi connectivity index (χ0) is 19.9. The van der Waals surface area contributed by atoms with Crippen molar-refractivity contribution in [3.8, 4) is 0 Å². The van der Waals surface area contributed by atoms with E-state index in [9.17, 15) is 14.0 Å². The largest absolute Gasteiger partial charge is 0.465 e. The number of amides is 1. The molecule has 0 saturated carbocycles. The summed E-state index contributed by atoms with van der Waals surface area (Å²) in [5.41, 5.74) is 0.111. The van der Waals surface area contributed by atoms with Crippen LogP contribution < -0.4 is 5.32 Å². The summed E-state index contributed by atoms with van der Waals surface area (Å²) in [6.07, 6.45) is 1.48. The molecular weight excluding hydrogens is 421 g/mol. The normalized spacial score (nSPS) is 12.3. The van der Waals surface area contributed by atoms with Crippen LogP contribution in [0.5, 0.6) is 0 Å². The fourth-order valence-corrected chi connectivity index (χ4v) is 3.75. The summed E-state index contributed by atoms with van der Waals surface area (Å²) in [5.74, 6) is -1.04. The predicted molar refractivity (Wildman–Crippen MR) is 108 cm³/mol. The van der Waals surface area contributed by atoms with E-state index in [1.165, 1.54) is 17.8 Å². The van der Waals surface area contributed by atoms with Crippen LogP contribution in [0.3, 0.4) is 0 Å². The third kappa shape index (κ3) is 7.27. The van der Waals surface area contributed by atoms with Crippen LogP contribution in [0.25, 0.3) is 0 Å². The smallest absolute Gasteiger partial charge is 0.319 e. The molecule has 1 amide bonds. The lowest BCUT2D eigenvalue weighted by molar-refractivity contribution is -0.144. The van der Waals surface area contributed by atoms with Crippen LogP contribution >= 0.6 is 27.7 Å². The molecular formula is C19H27BrFNO3S. The Kier molecular flexibility index (Phi) is 9.64. The maximum atomic E-state index is 14.2. The Morgan fingerprint density at radius 3 is 2.46 bits per heavy atom. The number of benzene rings is 1. The second-order valence-electron chi connectivity index (χ2n) is 6.83. The van der Waals surface area contributed by atoms with Gasteiger partial charge in [0.2, 0.25) is 5.91 Å². The number of thioether (sulfide) groups is 1. The SMILES string of the molecule is CCCC(Sc1cc(NC(=O)C(C)C)c(F)cc1Br)C(=O)OCC(C)C. The average molecular weight is 448 g/mol. The number of hydrogen-bond acceptors (Lipinski definition) is 4. The first-order valence-electron chi connectivity index (χ1n) is 8.78. The van der Waals surface area contributed by atoms with Crippen molar-refractivity contribution in [2.24, 2.45) is 11.8 Å². The zero-order valence-corrected chi connectivity index (χ0v) is 18.3. The van der Waals surface area contributed by atoms with Crippen LogP contribution in [0.1, 0.15) is 47.5 Å². The number of ether oxygens (including phenoxy) is 1. The Morgan fingerprint density at radius 2 is 1.92 bits per heavy atom. The highest BCUT2D eigenvalue weighted by Gasteiger charge is 2.23. The first-order chi connectivity index (χ1) is 12.1. The second kappa shape index (κ2) is 10.9. The molecule has 1 atom stereocenters. The monoisotopic (exact) mass is 447 g/mol. The summed E-state index contributed by atoms with van der Waals surface area (Å²) >= 11 is 4.66. The molecule has 0 fully saturated rings. The molecule has 0 heterocycles. The molecule has 7 heteroatoms. The summed E-state index contributed by atoms with van der Waals surface area (Å²) in [6.45, 7) is 9.82. The van der Waals surface area contributed by atoms with Gasteiger partial charge in [-0.1, -0.05) is 41.0 Å². The van der Waals surface area contributed by atoms with Crippen LogP contribution in [0.15, 0.2) is 21.5 Å². The van der Waals surface area contributed by atoms with Crippen molar-refractivity contribution in [2.45, 2.75) is 57.6 Å². The molecule has 1 N–H and O–H groups in total. The molecule has 146 valence electrons. The van der Waals surface area contributed by atoms with Gasteiger partial charge in [0.05, 0.1) is 12.3 Å². The topological polar surface area (TPSA) is 55.4 Å². The van der Waals surface area contributed by atoms with Gasteiger partial charge >= 0.3 is 5.97 Å². The fourth-order valence-electron chi connectivity index (χ4n) is 1.97. The van der Waals surface area contributed by atoms with E-state index in [2.05, 4.69) is 21.2 Å². The third-order valence-corrected chi connectivity index (χ3v) is 5.67. The van der Waals surface area contributed by atoms with Crippen molar-refractivity contribution in [1.82, 2.24) is 0 Å². The van der Waals surface area contributed by atoms with Gasteiger partial charge < -0.3 is 10.1 Å². The van der Waals surface area contributed by atoms with Crippen LogP contribution in [0, 0.1) is 17.7 Å². The van der Waals surface area contributed by atoms with Crippen LogP contribution in [0.2, 0.25) is 0 Å². The molecule has 0 saturated heterocycles. The van der Waals surface area contributed by atoms with Crippen molar-refractivity contribution >= 4 is 45.3 Å². The Bertz CT molecular complexity index is 637. The first kappa shape index (κ1) is 23.0. The molecule has 0 aliphatic rings. The molecule has 26 heavy (non-hydrogen) atoms. The number of carbonyl (C=O) groups is 2. The minimum absolute atomic E-state index is 0.111. The maximum Gasteiger partial charge on any atom is 0.319 e. The number of anilines is 1. The number of esters is 1. The number of rotatable bonds is 9. The Labute approximate surface area is 167 Å². The molecule has 1 aromatic rings. The molecule has 0 aromatic heterocycles. The highest BCUT2D eigenvalue weighted by Crippen LogP contribution is 2.36. The summed E-state index contributed by atoms with van der Waals surface area (Å²) in [6, 6.07) is 2.86. The quantitative estimate of drug-likeness (QED) is 0.392. The van der Waals surface area contributed by atoms with E-state index in [0.717, 1.165) is 6.42 Å². The number of hydrogen-bond donors (Lipinski definition) is 1. The van der Waals surface area contributed by atoms with Crippen LogP contribution in [0.4, 0.5) is 10.1 Å². The Balaban J connectivity index is 3.00. The minimum atomic E-state index is -0.523. The highest BCUT2D eigenvalue weighted by atomic mass is 79.9. The standard InChI is InChI=1S/C19H27BrFNO3S/c1-6-7-16(19(24)25-10-11(2)3)26-17-9-15(14(21)8-13(17)20)22-18(23)12(4)5/h8-9,11-12,16H,6-7,10H2,1-5H3,(H,22,23). The Morgan fingerprint density at radius 1 is 1.27 bits per heavy atom. The summed E-state index contributed by atoms with van der Waals surface area (Å²) in [4.78, 5) is 24.9.